The van der Waals surface area contributed by atoms with Crippen molar-refractivity contribution in [2.75, 3.05) is 31.1 Å². The van der Waals surface area contributed by atoms with E-state index in [0.717, 1.165) is 32.1 Å². The van der Waals surface area contributed by atoms with Crippen LogP contribution < -0.4 is 10.2 Å². The molecule has 1 aromatic carbocycles. The van der Waals surface area contributed by atoms with Crippen molar-refractivity contribution < 1.29 is 0 Å². The Morgan fingerprint density at radius 2 is 2.22 bits per heavy atom. The molecule has 1 N–H and O–H groups in total. The molecule has 2 nitrogen and oxygen atoms in total. The van der Waals surface area contributed by atoms with Gasteiger partial charge in [0.05, 0.1) is 0 Å². The highest BCUT2D eigenvalue weighted by molar-refractivity contribution is 5.56. The standard InChI is InChI=1S/C16H24N2/c1-4-17-10-14(3)12-18-11-13(2)9-15-7-5-6-8-16(15)18/h5-8,13,17H,3-4,9-12H2,1-2H3. The summed E-state index contributed by atoms with van der Waals surface area (Å²) in [5.74, 6) is 0.729. The summed E-state index contributed by atoms with van der Waals surface area (Å²) in [5, 5.41) is 3.35. The fraction of sp³-hybridized carbons (Fsp3) is 0.500. The summed E-state index contributed by atoms with van der Waals surface area (Å²) in [6.07, 6.45) is 1.20. The van der Waals surface area contributed by atoms with Crippen LogP contribution >= 0.6 is 0 Å². The number of benzene rings is 1. The number of fused-ring (bicyclic) bond motifs is 1. The molecule has 2 heteroatoms. The smallest absolute Gasteiger partial charge is 0.0401 e. The molecule has 1 heterocycles. The van der Waals surface area contributed by atoms with Crippen molar-refractivity contribution in [1.82, 2.24) is 5.32 Å². The number of hydrogen-bond donors (Lipinski definition) is 1. The van der Waals surface area contributed by atoms with Crippen LogP contribution in [-0.2, 0) is 6.42 Å². The number of hydrogen-bond acceptors (Lipinski definition) is 2. The molecule has 1 aromatic rings. The second kappa shape index (κ2) is 6.05. The van der Waals surface area contributed by atoms with E-state index in [0.29, 0.717) is 0 Å². The number of anilines is 1. The maximum absolute atomic E-state index is 4.18. The summed E-state index contributed by atoms with van der Waals surface area (Å²) in [4.78, 5) is 2.48. The first-order chi connectivity index (χ1) is 8.70. The van der Waals surface area contributed by atoms with Gasteiger partial charge in [-0.15, -0.1) is 0 Å². The fourth-order valence-electron chi connectivity index (χ4n) is 2.68. The van der Waals surface area contributed by atoms with E-state index in [2.05, 4.69) is 54.9 Å². The van der Waals surface area contributed by atoms with E-state index in [1.165, 1.54) is 23.2 Å². The minimum atomic E-state index is 0.729. The maximum atomic E-state index is 4.18. The van der Waals surface area contributed by atoms with Crippen LogP contribution in [0.2, 0.25) is 0 Å². The minimum absolute atomic E-state index is 0.729. The van der Waals surface area contributed by atoms with Crippen molar-refractivity contribution in [3.63, 3.8) is 0 Å². The van der Waals surface area contributed by atoms with Gasteiger partial charge >= 0.3 is 0 Å². The van der Waals surface area contributed by atoms with E-state index >= 15 is 0 Å². The van der Waals surface area contributed by atoms with Crippen LogP contribution in [0.1, 0.15) is 19.4 Å². The number of nitrogens with one attached hydrogen (secondary N) is 1. The van der Waals surface area contributed by atoms with Crippen LogP contribution in [0, 0.1) is 5.92 Å². The summed E-state index contributed by atoms with van der Waals surface area (Å²) in [7, 11) is 0. The van der Waals surface area contributed by atoms with Crippen molar-refractivity contribution in [2.24, 2.45) is 5.92 Å². The van der Waals surface area contributed by atoms with Crippen LogP contribution in [0.4, 0.5) is 5.69 Å². The van der Waals surface area contributed by atoms with E-state index in [1.54, 1.807) is 0 Å². The first-order valence-corrected chi connectivity index (χ1v) is 6.91. The molecular weight excluding hydrogens is 220 g/mol. The van der Waals surface area contributed by atoms with Gasteiger partial charge in [-0.3, -0.25) is 0 Å². The Balaban J connectivity index is 2.07. The van der Waals surface area contributed by atoms with Gasteiger partial charge < -0.3 is 10.2 Å². The molecule has 98 valence electrons. The Bertz CT molecular complexity index is 411. The summed E-state index contributed by atoms with van der Waals surface area (Å²) >= 11 is 0. The predicted molar refractivity (Wildman–Crippen MR) is 79.2 cm³/mol. The molecule has 1 unspecified atom stereocenters. The highest BCUT2D eigenvalue weighted by Gasteiger charge is 2.21. The Hall–Kier alpha value is -1.28. The maximum Gasteiger partial charge on any atom is 0.0401 e. The first-order valence-electron chi connectivity index (χ1n) is 6.91. The second-order valence-electron chi connectivity index (χ2n) is 5.35. The fourth-order valence-corrected chi connectivity index (χ4v) is 2.68. The zero-order valence-corrected chi connectivity index (χ0v) is 11.6. The van der Waals surface area contributed by atoms with Crippen molar-refractivity contribution >= 4 is 5.69 Å². The van der Waals surface area contributed by atoms with Gasteiger partial charge in [-0.1, -0.05) is 38.6 Å². The van der Waals surface area contributed by atoms with Gasteiger partial charge in [-0.2, -0.15) is 0 Å². The van der Waals surface area contributed by atoms with Gasteiger partial charge in [-0.25, -0.2) is 0 Å². The Morgan fingerprint density at radius 1 is 1.44 bits per heavy atom. The van der Waals surface area contributed by atoms with Crippen LogP contribution in [0.3, 0.4) is 0 Å². The van der Waals surface area contributed by atoms with Gasteiger partial charge in [0.2, 0.25) is 0 Å². The quantitative estimate of drug-likeness (QED) is 0.801. The van der Waals surface area contributed by atoms with Crippen LogP contribution in [0.5, 0.6) is 0 Å². The summed E-state index contributed by atoms with van der Waals surface area (Å²) < 4.78 is 0. The van der Waals surface area contributed by atoms with E-state index in [4.69, 9.17) is 0 Å². The van der Waals surface area contributed by atoms with Crippen molar-refractivity contribution in [1.29, 1.82) is 0 Å². The average molecular weight is 244 g/mol. The lowest BCUT2D eigenvalue weighted by Crippen LogP contribution is -2.37. The third kappa shape index (κ3) is 3.14. The number of nitrogens with zero attached hydrogens (tertiary/aromatic N) is 1. The number of para-hydroxylation sites is 1. The van der Waals surface area contributed by atoms with Gasteiger partial charge in [0, 0.05) is 25.3 Å². The Morgan fingerprint density at radius 3 is 3.00 bits per heavy atom. The van der Waals surface area contributed by atoms with E-state index in [1.807, 2.05) is 0 Å². The SMILES string of the molecule is C=C(CNCC)CN1CC(C)Cc2ccccc21. The lowest BCUT2D eigenvalue weighted by molar-refractivity contribution is 0.538. The average Bonchev–Trinajstić information content (AvgIpc) is 2.36. The highest BCUT2D eigenvalue weighted by atomic mass is 15.1. The summed E-state index contributed by atoms with van der Waals surface area (Å²) in [6.45, 7) is 12.7. The molecule has 1 aliphatic rings. The molecule has 0 saturated heterocycles. The molecule has 0 saturated carbocycles. The zero-order chi connectivity index (χ0) is 13.0. The van der Waals surface area contributed by atoms with Gasteiger partial charge in [0.15, 0.2) is 0 Å². The number of rotatable bonds is 5. The van der Waals surface area contributed by atoms with Crippen molar-refractivity contribution in [3.05, 3.63) is 42.0 Å². The summed E-state index contributed by atoms with van der Waals surface area (Å²) in [5.41, 5.74) is 4.14. The van der Waals surface area contributed by atoms with Crippen molar-refractivity contribution in [2.45, 2.75) is 20.3 Å². The molecule has 0 radical (unpaired) electrons. The monoisotopic (exact) mass is 244 g/mol. The van der Waals surface area contributed by atoms with Crippen LogP contribution in [0.15, 0.2) is 36.4 Å². The molecular formula is C16H24N2. The van der Waals surface area contributed by atoms with E-state index < -0.39 is 0 Å². The molecule has 0 amide bonds. The number of likely N-dealkylation sites (N-methyl/N-ethyl adjacent to an activating group) is 1. The minimum Gasteiger partial charge on any atom is -0.367 e. The molecule has 0 aromatic heterocycles. The van der Waals surface area contributed by atoms with Crippen molar-refractivity contribution in [3.8, 4) is 0 Å². The summed E-state index contributed by atoms with van der Waals surface area (Å²) in [6, 6.07) is 8.77. The van der Waals surface area contributed by atoms with E-state index in [-0.39, 0.29) is 0 Å². The van der Waals surface area contributed by atoms with Crippen LogP contribution in [0.25, 0.3) is 0 Å². The Kier molecular flexibility index (Phi) is 4.43. The highest BCUT2D eigenvalue weighted by Crippen LogP contribution is 2.29. The molecule has 2 rings (SSSR count). The largest absolute Gasteiger partial charge is 0.367 e. The van der Waals surface area contributed by atoms with Gasteiger partial charge in [0.1, 0.15) is 0 Å². The molecule has 18 heavy (non-hydrogen) atoms. The molecule has 0 bridgehead atoms. The third-order valence-corrected chi connectivity index (χ3v) is 3.47. The normalized spacial score (nSPS) is 18.6. The van der Waals surface area contributed by atoms with E-state index in [9.17, 15) is 0 Å². The van der Waals surface area contributed by atoms with Gasteiger partial charge in [-0.05, 0) is 36.1 Å². The molecule has 0 spiro atoms. The molecule has 1 aliphatic heterocycles. The molecule has 0 fully saturated rings. The predicted octanol–water partition coefficient (Wildman–Crippen LogP) is 2.85. The second-order valence-corrected chi connectivity index (χ2v) is 5.35. The topological polar surface area (TPSA) is 15.3 Å². The molecule has 1 atom stereocenters. The first kappa shape index (κ1) is 13.2. The lowest BCUT2D eigenvalue weighted by atomic mass is 9.93. The molecule has 0 aliphatic carbocycles. The van der Waals surface area contributed by atoms with Crippen LogP contribution in [-0.4, -0.2) is 26.2 Å². The lowest BCUT2D eigenvalue weighted by Gasteiger charge is -2.35. The van der Waals surface area contributed by atoms with Gasteiger partial charge in [0.25, 0.3) is 0 Å². The Labute approximate surface area is 111 Å². The third-order valence-electron chi connectivity index (χ3n) is 3.47. The zero-order valence-electron chi connectivity index (χ0n) is 11.6.